The Morgan fingerprint density at radius 2 is 1.36 bits per heavy atom. The summed E-state index contributed by atoms with van der Waals surface area (Å²) in [5.74, 6) is -0.789. The zero-order valence-corrected chi connectivity index (χ0v) is 29.5. The van der Waals surface area contributed by atoms with Crippen LogP contribution in [0.25, 0.3) is 32.3 Å². The molecule has 1 aliphatic rings. The monoisotopic (exact) mass is 632 g/mol. The number of thiophene rings is 1. The molecule has 1 atom stereocenters. The largest absolute Gasteiger partial charge is 0.462 e. The predicted octanol–water partition coefficient (Wildman–Crippen LogP) is 9.03. The van der Waals surface area contributed by atoms with Crippen molar-refractivity contribution < 1.29 is 19.1 Å². The van der Waals surface area contributed by atoms with Crippen LogP contribution in [0.4, 0.5) is 0 Å². The highest BCUT2D eigenvalue weighted by Gasteiger charge is 2.34. The Labute approximate surface area is 259 Å². The van der Waals surface area contributed by atoms with Crippen molar-refractivity contribution in [2.75, 3.05) is 13.2 Å². The van der Waals surface area contributed by atoms with Crippen LogP contribution in [0.15, 0.2) is 59.5 Å². The molecular formula is C34H40O4S2Si2. The highest BCUT2D eigenvalue weighted by Crippen LogP contribution is 2.44. The van der Waals surface area contributed by atoms with Crippen LogP contribution in [-0.4, -0.2) is 46.2 Å². The van der Waals surface area contributed by atoms with Gasteiger partial charge in [0.25, 0.3) is 0 Å². The molecule has 2 heterocycles. The fourth-order valence-electron chi connectivity index (χ4n) is 5.28. The van der Waals surface area contributed by atoms with E-state index in [0.29, 0.717) is 27.1 Å². The quantitative estimate of drug-likeness (QED) is 0.143. The zero-order valence-electron chi connectivity index (χ0n) is 25.8. The number of esters is 2. The Bertz CT molecular complexity index is 1680. The van der Waals surface area contributed by atoms with E-state index in [-0.39, 0.29) is 13.2 Å². The molecule has 0 aliphatic carbocycles. The standard InChI is InChI=1S/C34H40O4S2Si2/c1-9-37-33(35)27-19-26(22-12-14-24-18-32(42(6,7)8)40-30(24)16-22)28(34(36)38-10-2)20-25(27)21-11-13-23-17-31(41(3,4)5)39-29(23)15-21/h11-17,19-20,32H,9-10,18H2,1-8H3. The second kappa shape index (κ2) is 11.8. The average Bonchev–Trinajstić information content (AvgIpc) is 3.56. The van der Waals surface area contributed by atoms with Crippen LogP contribution in [0.5, 0.6) is 0 Å². The summed E-state index contributed by atoms with van der Waals surface area (Å²) in [5.41, 5.74) is 5.43. The molecule has 0 N–H and O–H groups in total. The van der Waals surface area contributed by atoms with Gasteiger partial charge >= 0.3 is 11.9 Å². The number of carbonyl (C=O) groups is 2. The first-order chi connectivity index (χ1) is 19.8. The maximum atomic E-state index is 13.4. The van der Waals surface area contributed by atoms with Gasteiger partial charge in [-0.3, -0.25) is 0 Å². The molecular weight excluding hydrogens is 593 g/mol. The summed E-state index contributed by atoms with van der Waals surface area (Å²) in [6, 6.07) is 18.7. The van der Waals surface area contributed by atoms with E-state index in [0.717, 1.165) is 17.5 Å². The molecule has 0 fully saturated rings. The first-order valence-corrected chi connectivity index (χ1v) is 23.4. The van der Waals surface area contributed by atoms with Gasteiger partial charge in [-0.25, -0.2) is 9.59 Å². The SMILES string of the molecule is CCOC(=O)c1cc(-c2ccc3cc([Si](C)(C)C)sc3c2)c(C(=O)OCC)cc1-c1ccc2c(c1)SC([Si](C)(C)C)C2. The number of hydrogen-bond acceptors (Lipinski definition) is 6. The van der Waals surface area contributed by atoms with Crippen LogP contribution in [0.1, 0.15) is 40.1 Å². The fourth-order valence-corrected chi connectivity index (χ4v) is 12.0. The van der Waals surface area contributed by atoms with Crippen molar-refractivity contribution in [3.8, 4) is 22.3 Å². The van der Waals surface area contributed by atoms with Gasteiger partial charge in [0.05, 0.1) is 40.5 Å². The fraction of sp³-hybridized carbons (Fsp3) is 0.353. The van der Waals surface area contributed by atoms with Crippen molar-refractivity contribution in [2.24, 2.45) is 0 Å². The van der Waals surface area contributed by atoms with Gasteiger partial charge < -0.3 is 9.47 Å². The number of benzene rings is 3. The minimum absolute atomic E-state index is 0.268. The van der Waals surface area contributed by atoms with E-state index < -0.39 is 28.1 Å². The highest BCUT2D eigenvalue weighted by molar-refractivity contribution is 8.02. The molecule has 0 saturated carbocycles. The van der Waals surface area contributed by atoms with E-state index in [1.165, 1.54) is 25.0 Å². The van der Waals surface area contributed by atoms with Gasteiger partial charge in [-0.2, -0.15) is 0 Å². The molecule has 0 bridgehead atoms. The van der Waals surface area contributed by atoms with E-state index in [1.54, 1.807) is 0 Å². The Balaban J connectivity index is 1.69. The van der Waals surface area contributed by atoms with E-state index in [4.69, 9.17) is 9.47 Å². The molecule has 1 aromatic heterocycles. The normalized spacial score (nSPS) is 15.1. The Morgan fingerprint density at radius 3 is 1.90 bits per heavy atom. The molecule has 3 aromatic carbocycles. The Morgan fingerprint density at radius 1 is 0.786 bits per heavy atom. The summed E-state index contributed by atoms with van der Waals surface area (Å²) < 4.78 is 13.7. The van der Waals surface area contributed by atoms with Crippen molar-refractivity contribution in [2.45, 2.75) is 69.3 Å². The maximum absolute atomic E-state index is 13.4. The van der Waals surface area contributed by atoms with Crippen LogP contribution in [-0.2, 0) is 15.9 Å². The zero-order chi connectivity index (χ0) is 30.4. The van der Waals surface area contributed by atoms with Gasteiger partial charge in [-0.05, 0) is 88.3 Å². The molecule has 4 aromatic rings. The molecule has 1 aliphatic heterocycles. The molecule has 0 radical (unpaired) electrons. The average molecular weight is 633 g/mol. The van der Waals surface area contributed by atoms with Gasteiger partial charge in [0.15, 0.2) is 0 Å². The topological polar surface area (TPSA) is 52.6 Å². The lowest BCUT2D eigenvalue weighted by Gasteiger charge is -2.23. The molecule has 220 valence electrons. The molecule has 0 saturated heterocycles. The lowest BCUT2D eigenvalue weighted by molar-refractivity contribution is 0.0513. The van der Waals surface area contributed by atoms with Crippen LogP contribution < -0.4 is 4.50 Å². The third-order valence-electron chi connectivity index (χ3n) is 7.74. The van der Waals surface area contributed by atoms with Crippen molar-refractivity contribution in [3.63, 3.8) is 0 Å². The van der Waals surface area contributed by atoms with Crippen molar-refractivity contribution in [3.05, 3.63) is 71.3 Å². The van der Waals surface area contributed by atoms with Crippen LogP contribution in [0, 0.1) is 0 Å². The van der Waals surface area contributed by atoms with Gasteiger partial charge in [0.2, 0.25) is 0 Å². The van der Waals surface area contributed by atoms with E-state index >= 15 is 0 Å². The predicted molar refractivity (Wildman–Crippen MR) is 184 cm³/mol. The highest BCUT2D eigenvalue weighted by atomic mass is 32.2. The first kappa shape index (κ1) is 30.8. The number of fused-ring (bicyclic) bond motifs is 2. The summed E-state index contributed by atoms with van der Waals surface area (Å²) in [6.45, 7) is 18.5. The second-order valence-corrected chi connectivity index (χ2v) is 26.6. The Kier molecular flexibility index (Phi) is 8.64. The second-order valence-electron chi connectivity index (χ2n) is 13.0. The van der Waals surface area contributed by atoms with Crippen molar-refractivity contribution in [1.29, 1.82) is 0 Å². The number of carbonyl (C=O) groups excluding carboxylic acids is 2. The maximum Gasteiger partial charge on any atom is 0.338 e. The molecule has 4 nitrogen and oxygen atoms in total. The van der Waals surface area contributed by atoms with Gasteiger partial charge in [0.1, 0.15) is 0 Å². The molecule has 0 spiro atoms. The van der Waals surface area contributed by atoms with Gasteiger partial charge in [0, 0.05) is 14.5 Å². The molecule has 1 unspecified atom stereocenters. The van der Waals surface area contributed by atoms with Gasteiger partial charge in [-0.15, -0.1) is 23.1 Å². The lowest BCUT2D eigenvalue weighted by atomic mass is 9.90. The van der Waals surface area contributed by atoms with Crippen LogP contribution in [0.3, 0.4) is 0 Å². The molecule has 5 rings (SSSR count). The molecule has 0 amide bonds. The minimum atomic E-state index is -1.47. The van der Waals surface area contributed by atoms with E-state index in [1.807, 2.05) is 55.1 Å². The third-order valence-corrected chi connectivity index (χ3v) is 18.1. The van der Waals surface area contributed by atoms with Crippen LogP contribution in [0.2, 0.25) is 39.3 Å². The summed E-state index contributed by atoms with van der Waals surface area (Å²) in [6.07, 6.45) is 1.08. The molecule has 42 heavy (non-hydrogen) atoms. The van der Waals surface area contributed by atoms with Crippen molar-refractivity contribution >= 4 is 65.8 Å². The summed E-state index contributed by atoms with van der Waals surface area (Å²) >= 11 is 3.78. The lowest BCUT2D eigenvalue weighted by Crippen LogP contribution is -2.35. The molecule has 8 heteroatoms. The number of rotatable bonds is 8. The Hall–Kier alpha value is -2.66. The number of hydrogen-bond donors (Lipinski definition) is 0. The summed E-state index contributed by atoms with van der Waals surface area (Å²) in [4.78, 5) is 28.8. The third kappa shape index (κ3) is 6.18. The number of thioether (sulfide) groups is 1. The van der Waals surface area contributed by atoms with E-state index in [9.17, 15) is 9.59 Å². The van der Waals surface area contributed by atoms with Gasteiger partial charge in [-0.1, -0.05) is 63.5 Å². The summed E-state index contributed by atoms with van der Waals surface area (Å²) in [5, 5.41) is 1.20. The smallest absolute Gasteiger partial charge is 0.338 e. The van der Waals surface area contributed by atoms with E-state index in [2.05, 4.69) is 75.7 Å². The minimum Gasteiger partial charge on any atom is -0.462 e. The first-order valence-electron chi connectivity index (χ1n) is 14.7. The number of ether oxygens (including phenoxy) is 2. The summed E-state index contributed by atoms with van der Waals surface area (Å²) in [7, 11) is -2.80. The van der Waals surface area contributed by atoms with Crippen LogP contribution >= 0.6 is 23.1 Å². The van der Waals surface area contributed by atoms with Crippen molar-refractivity contribution in [1.82, 2.24) is 0 Å².